The molecule has 5 saturated heterocycles. The van der Waals surface area contributed by atoms with E-state index < -0.39 is 285 Å². The highest BCUT2D eigenvalue weighted by molar-refractivity contribution is 7.99. The molecule has 49 nitrogen and oxygen atoms in total. The fourth-order valence-corrected chi connectivity index (χ4v) is 16.9. The Morgan fingerprint density at radius 1 is 0.272 bits per heavy atom. The summed E-state index contributed by atoms with van der Waals surface area (Å²) in [5.41, 5.74) is -3.72. The zero-order valence-corrected chi connectivity index (χ0v) is 72.9. The maximum Gasteiger partial charge on any atom is 0.303 e. The van der Waals surface area contributed by atoms with Crippen molar-refractivity contribution in [1.29, 1.82) is 0 Å². The molecular formula is C73H95N9O40S3. The quantitative estimate of drug-likeness (QED) is 0.0522. The molecule has 690 valence electrons. The standard InChI is InChI=1S/C73H95N9O40S3/c1-29(83)100-23-51-56(104-33(5)87)61(109-38(10)92)66(114-43(15)97)71(119-51)123-26-46-18-80(77-74-46)21-49-55(59(107-36(8)90)64(112-41(13)95)69(117-49)82-20-48(76-79-82)28-125-73-68(116-45(17)99)63(111-40(12)94)58(106-35(7)89)53(121-73)25-102-31(3)85)122-70-65(113-42(14)96)60(108-37(9)91)54(103-32(4)86)50(118-70)22-81-19-47(75-78-81)27-124-72-67(115-44(16)98)62(110-39(11)93)57(105-34(6)88)52(120-72)24-101-30(2)84/h18-20,49-73H,21-28H2,1-17H3/t49-,50-,51-,52-,53-,54-,55-,56+,57+,58+,59+,60+,61+,62+,63+,64-,65-,66-,67-,68-,69-,70-,71+,72+,73+/m1/s1. The fourth-order valence-electron chi connectivity index (χ4n) is 13.7. The van der Waals surface area contributed by atoms with E-state index in [2.05, 4.69) is 30.9 Å². The van der Waals surface area contributed by atoms with Gasteiger partial charge in [-0.3, -0.25) is 81.5 Å². The molecular weight excluding hydrogens is 1740 g/mol. The Kier molecular flexibility index (Phi) is 36.6. The van der Waals surface area contributed by atoms with E-state index in [0.717, 1.165) is 158 Å². The molecule has 0 aliphatic carbocycles. The number of esters is 17. The van der Waals surface area contributed by atoms with Crippen LogP contribution in [0, 0.1) is 0 Å². The van der Waals surface area contributed by atoms with E-state index in [-0.39, 0.29) is 34.3 Å². The predicted molar refractivity (Wildman–Crippen MR) is 405 cm³/mol. The molecule has 0 unspecified atom stereocenters. The van der Waals surface area contributed by atoms with Crippen molar-refractivity contribution in [1.82, 2.24) is 45.0 Å². The molecule has 0 radical (unpaired) electrons. The van der Waals surface area contributed by atoms with E-state index in [1.54, 1.807) is 0 Å². The Hall–Kier alpha value is -10.8. The molecule has 3 aromatic heterocycles. The summed E-state index contributed by atoms with van der Waals surface area (Å²) in [7, 11) is 0. The number of hydrogen-bond donors (Lipinski definition) is 0. The topological polar surface area (TPSA) is 595 Å². The average Bonchev–Trinajstić information content (AvgIpc) is 1.74. The monoisotopic (exact) mass is 1830 g/mol. The van der Waals surface area contributed by atoms with Crippen LogP contribution in [-0.2, 0) is 221 Å². The van der Waals surface area contributed by atoms with Crippen LogP contribution >= 0.6 is 35.3 Å². The SMILES string of the molecule is CC(=O)OC[C@H]1O[C@@H](SCc2cn(C[C@H]3O[C@@H](n4cc(CS[C@@H]5O[C@H](COC(C)=O)[C@H](OC(C)=O)[C@H](OC(C)=O)[C@H]5OC(C)=O)nn4)[C@H](OC(C)=O)[C@@H](OC(C)=O)[C@@H]3O[C@H]3O[C@H](Cn4cc(CS[C@@H]5O[C@H](COC(C)=O)[C@H](OC(C)=O)[C@H](OC(C)=O)[C@H]5OC(C)=O)nn4)[C@@H](OC(C)=O)[C@H](OC(C)=O)[C@H]3OC(C)=O)nn2)[C@H](OC(C)=O)[C@@H](OC(C)=O)[C@H]1OC(C)=O. The maximum atomic E-state index is 13.9. The first-order valence-corrected chi connectivity index (χ1v) is 41.3. The molecule has 3 aromatic rings. The lowest BCUT2D eigenvalue weighted by atomic mass is 9.95. The van der Waals surface area contributed by atoms with E-state index in [0.29, 0.717) is 0 Å². The van der Waals surface area contributed by atoms with E-state index in [1.165, 1.54) is 28.0 Å². The van der Waals surface area contributed by atoms with Crippen LogP contribution in [0.3, 0.4) is 0 Å². The third-order valence-electron chi connectivity index (χ3n) is 17.8. The number of rotatable bonds is 36. The zero-order valence-electron chi connectivity index (χ0n) is 70.4. The van der Waals surface area contributed by atoms with Crippen molar-refractivity contribution < 1.29 is 190 Å². The van der Waals surface area contributed by atoms with E-state index in [4.69, 9.17) is 109 Å². The van der Waals surface area contributed by atoms with Gasteiger partial charge in [0.1, 0.15) is 72.8 Å². The molecule has 0 aromatic carbocycles. The first-order chi connectivity index (χ1) is 58.9. The van der Waals surface area contributed by atoms with Gasteiger partial charge in [0.25, 0.3) is 0 Å². The fraction of sp³-hybridized carbons (Fsp3) is 0.685. The summed E-state index contributed by atoms with van der Waals surface area (Å²) >= 11 is 2.66. The maximum absolute atomic E-state index is 13.9. The highest BCUT2D eigenvalue weighted by Crippen LogP contribution is 2.43. The van der Waals surface area contributed by atoms with Crippen molar-refractivity contribution in [3.63, 3.8) is 0 Å². The molecule has 0 bridgehead atoms. The Labute approximate surface area is 723 Å². The summed E-state index contributed by atoms with van der Waals surface area (Å²) in [5.74, 6) is -16.3. The van der Waals surface area contributed by atoms with Crippen molar-refractivity contribution in [2.75, 3.05) is 19.8 Å². The Balaban J connectivity index is 1.21. The normalized spacial score (nSPS) is 29.4. The number of aromatic nitrogens is 9. The molecule has 52 heteroatoms. The van der Waals surface area contributed by atoms with Gasteiger partial charge in [0.2, 0.25) is 0 Å². The first-order valence-electron chi connectivity index (χ1n) is 38.2. The molecule has 8 heterocycles. The molecule has 0 saturated carbocycles. The number of ether oxygens (including phenoxy) is 23. The van der Waals surface area contributed by atoms with Gasteiger partial charge in [-0.1, -0.05) is 15.6 Å². The van der Waals surface area contributed by atoms with Crippen molar-refractivity contribution in [2.24, 2.45) is 0 Å². The molecule has 5 fully saturated rings. The summed E-state index contributed by atoms with van der Waals surface area (Å²) in [6, 6.07) is 0. The lowest BCUT2D eigenvalue weighted by Crippen LogP contribution is -2.66. The van der Waals surface area contributed by atoms with Crippen LogP contribution in [0.25, 0.3) is 0 Å². The minimum Gasteiger partial charge on any atom is -0.463 e. The number of thioether (sulfide) groups is 3. The molecule has 0 N–H and O–H groups in total. The molecule has 5 aliphatic rings. The van der Waals surface area contributed by atoms with Crippen LogP contribution in [0.15, 0.2) is 18.6 Å². The summed E-state index contributed by atoms with van der Waals surface area (Å²) in [4.78, 5) is 218. The number of carbonyl (C=O) groups is 17. The Morgan fingerprint density at radius 3 is 0.832 bits per heavy atom. The molecule has 8 rings (SSSR count). The van der Waals surface area contributed by atoms with E-state index in [9.17, 15) is 81.5 Å². The van der Waals surface area contributed by atoms with Crippen LogP contribution in [0.4, 0.5) is 0 Å². The second kappa shape index (κ2) is 45.9. The van der Waals surface area contributed by atoms with Gasteiger partial charge in [-0.05, 0) is 0 Å². The van der Waals surface area contributed by atoms with Gasteiger partial charge in [0.15, 0.2) is 98.0 Å². The van der Waals surface area contributed by atoms with Gasteiger partial charge >= 0.3 is 101 Å². The second-order valence-corrected chi connectivity index (χ2v) is 31.5. The Morgan fingerprint density at radius 2 is 0.520 bits per heavy atom. The average molecular weight is 1830 g/mol. The van der Waals surface area contributed by atoms with Crippen molar-refractivity contribution in [3.8, 4) is 0 Å². The van der Waals surface area contributed by atoms with Crippen LogP contribution in [0.5, 0.6) is 0 Å². The minimum absolute atomic E-state index is 0.0346. The highest BCUT2D eigenvalue weighted by Gasteiger charge is 2.60. The van der Waals surface area contributed by atoms with Crippen LogP contribution in [-0.4, -0.2) is 311 Å². The molecule has 0 spiro atoms. The van der Waals surface area contributed by atoms with Crippen LogP contribution in [0.2, 0.25) is 0 Å². The second-order valence-electron chi connectivity index (χ2n) is 28.3. The molecule has 125 heavy (non-hydrogen) atoms. The van der Waals surface area contributed by atoms with Gasteiger partial charge in [0.05, 0.1) is 36.4 Å². The van der Waals surface area contributed by atoms with Gasteiger partial charge in [-0.15, -0.1) is 50.6 Å². The van der Waals surface area contributed by atoms with Crippen molar-refractivity contribution >= 4 is 137 Å². The van der Waals surface area contributed by atoms with Gasteiger partial charge < -0.3 is 109 Å². The zero-order chi connectivity index (χ0) is 92.1. The first kappa shape index (κ1) is 99.6. The summed E-state index contributed by atoms with van der Waals surface area (Å²) < 4.78 is 139. The van der Waals surface area contributed by atoms with E-state index >= 15 is 0 Å². The van der Waals surface area contributed by atoms with E-state index in [1.807, 2.05) is 0 Å². The van der Waals surface area contributed by atoms with Crippen molar-refractivity contribution in [3.05, 3.63) is 35.7 Å². The predicted octanol–water partition coefficient (Wildman–Crippen LogP) is -0.524. The minimum atomic E-state index is -2.12. The molecule has 0 amide bonds. The summed E-state index contributed by atoms with van der Waals surface area (Å²) in [5, 5.41) is 25.9. The largest absolute Gasteiger partial charge is 0.463 e. The smallest absolute Gasteiger partial charge is 0.303 e. The number of hydrogen-bond acceptors (Lipinski definition) is 49. The van der Waals surface area contributed by atoms with Crippen LogP contribution in [0.1, 0.15) is 141 Å². The lowest BCUT2D eigenvalue weighted by molar-refractivity contribution is -0.348. The third kappa shape index (κ3) is 29.4. The number of carbonyl (C=O) groups excluding carboxylic acids is 17. The molecule has 5 aliphatic heterocycles. The van der Waals surface area contributed by atoms with Gasteiger partial charge in [0, 0.05) is 147 Å². The summed E-state index contributed by atoms with van der Waals surface area (Å²) in [6.07, 6.45) is -32.5. The van der Waals surface area contributed by atoms with Gasteiger partial charge in [-0.2, -0.15) is 0 Å². The Bertz CT molecular complexity index is 4390. The molecule has 25 atom stereocenters. The highest BCUT2D eigenvalue weighted by atomic mass is 32.2. The summed E-state index contributed by atoms with van der Waals surface area (Å²) in [6.45, 7) is 14.8. The van der Waals surface area contributed by atoms with Gasteiger partial charge in [-0.25, -0.2) is 14.0 Å². The number of nitrogens with zero attached hydrogens (tertiary/aromatic N) is 9. The lowest BCUT2D eigenvalue weighted by Gasteiger charge is -2.49. The van der Waals surface area contributed by atoms with Crippen molar-refractivity contribution in [2.45, 2.75) is 299 Å². The van der Waals surface area contributed by atoms with Crippen LogP contribution < -0.4 is 0 Å². The third-order valence-corrected chi connectivity index (χ3v) is 21.3.